The van der Waals surface area contributed by atoms with Gasteiger partial charge in [-0.2, -0.15) is 10.5 Å². The molecule has 0 aromatic heterocycles. The van der Waals surface area contributed by atoms with Gasteiger partial charge in [-0.3, -0.25) is 0 Å². The molecule has 0 saturated heterocycles. The van der Waals surface area contributed by atoms with E-state index in [-0.39, 0.29) is 5.57 Å². The molecule has 0 aliphatic rings. The van der Waals surface area contributed by atoms with Crippen molar-refractivity contribution in [1.82, 2.24) is 0 Å². The molecule has 5 heteroatoms. The Bertz CT molecular complexity index is 828. The van der Waals surface area contributed by atoms with Crippen LogP contribution in [0, 0.1) is 36.5 Å². The van der Waals surface area contributed by atoms with Gasteiger partial charge in [0.1, 0.15) is 29.2 Å². The highest BCUT2D eigenvalue weighted by atomic mass is 35.5. The van der Waals surface area contributed by atoms with Crippen molar-refractivity contribution in [2.45, 2.75) is 13.8 Å². The predicted molar refractivity (Wildman–Crippen MR) is 90.4 cm³/mol. The summed E-state index contributed by atoms with van der Waals surface area (Å²) in [4.78, 5) is 0. The fraction of sp³-hybridized carbons (Fsp3) is 0.111. The number of hydrogen-bond acceptors (Lipinski definition) is 4. The molecule has 0 heterocycles. The second kappa shape index (κ2) is 7.35. The average molecular weight is 324 g/mol. The number of ether oxygens (including phenoxy) is 1. The topological polar surface area (TPSA) is 68.8 Å². The number of benzene rings is 2. The summed E-state index contributed by atoms with van der Waals surface area (Å²) in [5, 5.41) is 20.7. The monoisotopic (exact) mass is 323 g/mol. The second-order valence-corrected chi connectivity index (χ2v) is 5.35. The third-order valence-corrected chi connectivity index (χ3v) is 3.41. The van der Waals surface area contributed by atoms with Gasteiger partial charge in [-0.25, -0.2) is 0 Å². The molecular weight excluding hydrogens is 310 g/mol. The Hall–Kier alpha value is -2.95. The van der Waals surface area contributed by atoms with Gasteiger partial charge in [0, 0.05) is 11.9 Å². The number of hydrogen-bond donors (Lipinski definition) is 1. The average Bonchev–Trinajstić information content (AvgIpc) is 2.54. The molecule has 0 aliphatic carbocycles. The molecule has 1 N–H and O–H groups in total. The third kappa shape index (κ3) is 4.26. The zero-order chi connectivity index (χ0) is 16.8. The van der Waals surface area contributed by atoms with Crippen LogP contribution in [0.25, 0.3) is 0 Å². The van der Waals surface area contributed by atoms with Gasteiger partial charge < -0.3 is 10.1 Å². The first-order valence-electron chi connectivity index (χ1n) is 6.85. The number of anilines is 1. The first-order chi connectivity index (χ1) is 11.0. The van der Waals surface area contributed by atoms with Gasteiger partial charge in [-0.15, -0.1) is 0 Å². The Morgan fingerprint density at radius 1 is 1.09 bits per heavy atom. The van der Waals surface area contributed by atoms with Crippen LogP contribution in [0.15, 0.2) is 48.2 Å². The van der Waals surface area contributed by atoms with Crippen molar-refractivity contribution < 1.29 is 4.74 Å². The molecule has 0 radical (unpaired) electrons. The smallest absolute Gasteiger partial charge is 0.146 e. The summed E-state index contributed by atoms with van der Waals surface area (Å²) in [6, 6.07) is 14.7. The predicted octanol–water partition coefficient (Wildman–Crippen LogP) is 5.09. The molecule has 23 heavy (non-hydrogen) atoms. The Kier molecular flexibility index (Phi) is 5.25. The fourth-order valence-electron chi connectivity index (χ4n) is 1.85. The Morgan fingerprint density at radius 3 is 2.48 bits per heavy atom. The molecule has 2 rings (SSSR count). The maximum absolute atomic E-state index is 8.69. The van der Waals surface area contributed by atoms with Crippen molar-refractivity contribution >= 4 is 17.3 Å². The quantitative estimate of drug-likeness (QED) is 0.795. The highest BCUT2D eigenvalue weighted by Crippen LogP contribution is 2.33. The zero-order valence-electron chi connectivity index (χ0n) is 12.7. The van der Waals surface area contributed by atoms with Crippen LogP contribution in [0.2, 0.25) is 5.02 Å². The summed E-state index contributed by atoms with van der Waals surface area (Å²) in [6.45, 7) is 3.96. The molecule has 2 aromatic carbocycles. The SMILES string of the molecule is Cc1ccc(C)c(Oc2ccc(NC=C(C#N)C#N)cc2Cl)c1. The fourth-order valence-corrected chi connectivity index (χ4v) is 2.07. The molecule has 2 aromatic rings. The normalized spacial score (nSPS) is 9.43. The molecule has 0 spiro atoms. The van der Waals surface area contributed by atoms with Crippen molar-refractivity contribution in [3.63, 3.8) is 0 Å². The lowest BCUT2D eigenvalue weighted by Gasteiger charge is -2.12. The van der Waals surface area contributed by atoms with Crippen LogP contribution in [-0.4, -0.2) is 0 Å². The summed E-state index contributed by atoms with van der Waals surface area (Å²) in [5.41, 5.74) is 2.76. The number of nitriles is 2. The van der Waals surface area contributed by atoms with E-state index in [9.17, 15) is 0 Å². The maximum atomic E-state index is 8.69. The van der Waals surface area contributed by atoms with E-state index in [4.69, 9.17) is 26.9 Å². The molecule has 0 unspecified atom stereocenters. The molecule has 0 fully saturated rings. The van der Waals surface area contributed by atoms with Crippen LogP contribution >= 0.6 is 11.6 Å². The molecule has 0 aliphatic heterocycles. The Labute approximate surface area is 140 Å². The van der Waals surface area contributed by atoms with E-state index in [2.05, 4.69) is 5.32 Å². The molecular formula is C18H14ClN3O. The minimum atomic E-state index is -0.0168. The highest BCUT2D eigenvalue weighted by molar-refractivity contribution is 6.32. The van der Waals surface area contributed by atoms with E-state index < -0.39 is 0 Å². The minimum absolute atomic E-state index is 0.0168. The molecule has 0 saturated carbocycles. The van der Waals surface area contributed by atoms with Gasteiger partial charge in [0.2, 0.25) is 0 Å². The molecule has 114 valence electrons. The van der Waals surface area contributed by atoms with Crippen molar-refractivity contribution in [3.05, 3.63) is 64.3 Å². The maximum Gasteiger partial charge on any atom is 0.146 e. The van der Waals surface area contributed by atoms with E-state index in [1.807, 2.05) is 32.0 Å². The van der Waals surface area contributed by atoms with E-state index in [0.717, 1.165) is 16.9 Å². The van der Waals surface area contributed by atoms with Gasteiger partial charge in [-0.05, 0) is 49.2 Å². The first-order valence-corrected chi connectivity index (χ1v) is 7.23. The summed E-state index contributed by atoms with van der Waals surface area (Å²) >= 11 is 6.24. The van der Waals surface area contributed by atoms with E-state index >= 15 is 0 Å². The van der Waals surface area contributed by atoms with Crippen LogP contribution < -0.4 is 10.1 Å². The number of nitrogens with zero attached hydrogens (tertiary/aromatic N) is 2. The summed E-state index contributed by atoms with van der Waals surface area (Å²) < 4.78 is 5.86. The number of rotatable bonds is 4. The minimum Gasteiger partial charge on any atom is -0.456 e. The lowest BCUT2D eigenvalue weighted by Crippen LogP contribution is -1.92. The summed E-state index contributed by atoms with van der Waals surface area (Å²) in [6.07, 6.45) is 1.33. The van der Waals surface area contributed by atoms with Gasteiger partial charge in [0.15, 0.2) is 0 Å². The van der Waals surface area contributed by atoms with Crippen LogP contribution in [0.3, 0.4) is 0 Å². The molecule has 0 atom stereocenters. The number of halogens is 1. The van der Waals surface area contributed by atoms with Gasteiger partial charge >= 0.3 is 0 Å². The largest absolute Gasteiger partial charge is 0.456 e. The van der Waals surface area contributed by atoms with Gasteiger partial charge in [0.05, 0.1) is 5.02 Å². The van der Waals surface area contributed by atoms with Crippen molar-refractivity contribution in [2.75, 3.05) is 5.32 Å². The summed E-state index contributed by atoms with van der Waals surface area (Å²) in [7, 11) is 0. The van der Waals surface area contributed by atoms with Gasteiger partial charge in [0.25, 0.3) is 0 Å². The standard InChI is InChI=1S/C18H14ClN3O/c1-12-3-4-13(2)18(7-12)23-17-6-5-15(8-16(17)19)22-11-14(9-20)10-21/h3-8,11,22H,1-2H3. The lowest BCUT2D eigenvalue weighted by molar-refractivity contribution is 0.479. The van der Waals surface area contributed by atoms with E-state index in [0.29, 0.717) is 16.5 Å². The van der Waals surface area contributed by atoms with Crippen molar-refractivity contribution in [2.24, 2.45) is 0 Å². The van der Waals surface area contributed by atoms with Crippen LogP contribution in [-0.2, 0) is 0 Å². The van der Waals surface area contributed by atoms with Crippen LogP contribution in [0.5, 0.6) is 11.5 Å². The lowest BCUT2D eigenvalue weighted by atomic mass is 10.1. The molecule has 4 nitrogen and oxygen atoms in total. The van der Waals surface area contributed by atoms with Crippen LogP contribution in [0.4, 0.5) is 5.69 Å². The first kappa shape index (κ1) is 16.4. The number of allylic oxidation sites excluding steroid dienone is 1. The summed E-state index contributed by atoms with van der Waals surface area (Å²) in [5.74, 6) is 1.29. The number of aryl methyl sites for hydroxylation is 2. The van der Waals surface area contributed by atoms with Crippen LogP contribution in [0.1, 0.15) is 11.1 Å². The second-order valence-electron chi connectivity index (χ2n) is 4.94. The van der Waals surface area contributed by atoms with Crippen molar-refractivity contribution in [1.29, 1.82) is 10.5 Å². The highest BCUT2D eigenvalue weighted by Gasteiger charge is 2.07. The Morgan fingerprint density at radius 2 is 1.83 bits per heavy atom. The molecule has 0 bridgehead atoms. The Balaban J connectivity index is 2.20. The van der Waals surface area contributed by atoms with E-state index in [1.165, 1.54) is 6.20 Å². The zero-order valence-corrected chi connectivity index (χ0v) is 13.5. The van der Waals surface area contributed by atoms with E-state index in [1.54, 1.807) is 30.3 Å². The molecule has 0 amide bonds. The van der Waals surface area contributed by atoms with Gasteiger partial charge in [-0.1, -0.05) is 23.7 Å². The van der Waals surface area contributed by atoms with Crippen molar-refractivity contribution in [3.8, 4) is 23.6 Å². The third-order valence-electron chi connectivity index (χ3n) is 3.12. The number of nitrogens with one attached hydrogen (secondary N) is 1.